The molecule has 1 heterocycles. The van der Waals surface area contributed by atoms with Crippen molar-refractivity contribution in [2.45, 2.75) is 57.6 Å². The zero-order valence-corrected chi connectivity index (χ0v) is 11.7. The van der Waals surface area contributed by atoms with Gasteiger partial charge in [-0.3, -0.25) is 9.48 Å². The van der Waals surface area contributed by atoms with Crippen molar-refractivity contribution in [1.29, 1.82) is 0 Å². The predicted octanol–water partition coefficient (Wildman–Crippen LogP) is 1.08. The molecule has 0 aliphatic heterocycles. The summed E-state index contributed by atoms with van der Waals surface area (Å²) >= 11 is 0. The standard InChI is InChI=1S/C14H23N3O2/c1-10-11(9-17(2)16-10)7-8-14(19)15-12-5-3-4-6-13(12)18/h9,12-13,18H,3-8H2,1-2H3,(H,15,19). The van der Waals surface area contributed by atoms with Crippen molar-refractivity contribution in [3.63, 3.8) is 0 Å². The lowest BCUT2D eigenvalue weighted by atomic mass is 9.92. The number of aliphatic hydroxyl groups excluding tert-OH is 1. The molecule has 1 aliphatic carbocycles. The minimum atomic E-state index is -0.377. The Balaban J connectivity index is 1.79. The fourth-order valence-electron chi connectivity index (χ4n) is 2.70. The summed E-state index contributed by atoms with van der Waals surface area (Å²) in [6.45, 7) is 1.96. The SMILES string of the molecule is Cc1nn(C)cc1CCC(=O)NC1CCCCC1O. The van der Waals surface area contributed by atoms with Gasteiger partial charge in [-0.2, -0.15) is 5.10 Å². The molecule has 0 radical (unpaired) electrons. The van der Waals surface area contributed by atoms with Gasteiger partial charge in [-0.05, 0) is 31.7 Å². The fourth-order valence-corrected chi connectivity index (χ4v) is 2.70. The molecule has 2 unspecified atom stereocenters. The van der Waals surface area contributed by atoms with Crippen molar-refractivity contribution >= 4 is 5.91 Å². The summed E-state index contributed by atoms with van der Waals surface area (Å²) in [7, 11) is 1.88. The summed E-state index contributed by atoms with van der Waals surface area (Å²) in [5.74, 6) is 0.0224. The third-order valence-electron chi connectivity index (χ3n) is 3.81. The van der Waals surface area contributed by atoms with Crippen LogP contribution in [0.4, 0.5) is 0 Å². The van der Waals surface area contributed by atoms with E-state index >= 15 is 0 Å². The minimum Gasteiger partial charge on any atom is -0.391 e. The molecule has 1 saturated carbocycles. The highest BCUT2D eigenvalue weighted by molar-refractivity contribution is 5.76. The number of aliphatic hydroxyl groups is 1. The topological polar surface area (TPSA) is 67.2 Å². The Hall–Kier alpha value is -1.36. The number of hydrogen-bond donors (Lipinski definition) is 2. The van der Waals surface area contributed by atoms with Gasteiger partial charge in [0.1, 0.15) is 0 Å². The first-order chi connectivity index (χ1) is 9.06. The van der Waals surface area contributed by atoms with Crippen LogP contribution in [0.5, 0.6) is 0 Å². The minimum absolute atomic E-state index is 0.0224. The van der Waals surface area contributed by atoms with Crippen LogP contribution >= 0.6 is 0 Å². The molecule has 0 bridgehead atoms. The number of nitrogens with zero attached hydrogens (tertiary/aromatic N) is 2. The molecule has 5 heteroatoms. The number of rotatable bonds is 4. The average molecular weight is 265 g/mol. The van der Waals surface area contributed by atoms with Gasteiger partial charge in [0.05, 0.1) is 17.8 Å². The maximum absolute atomic E-state index is 11.9. The summed E-state index contributed by atoms with van der Waals surface area (Å²) in [6.07, 6.45) is 6.57. The Bertz CT molecular complexity index is 442. The molecule has 1 aromatic heterocycles. The van der Waals surface area contributed by atoms with Gasteiger partial charge < -0.3 is 10.4 Å². The van der Waals surface area contributed by atoms with Crippen LogP contribution in [0.15, 0.2) is 6.20 Å². The van der Waals surface area contributed by atoms with Crippen LogP contribution in [0.2, 0.25) is 0 Å². The Morgan fingerprint density at radius 2 is 2.26 bits per heavy atom. The largest absolute Gasteiger partial charge is 0.391 e. The van der Waals surface area contributed by atoms with Crippen molar-refractivity contribution in [2.24, 2.45) is 7.05 Å². The number of hydrogen-bond acceptors (Lipinski definition) is 3. The van der Waals surface area contributed by atoms with E-state index in [-0.39, 0.29) is 18.1 Å². The van der Waals surface area contributed by atoms with Crippen LogP contribution in [0.25, 0.3) is 0 Å². The maximum atomic E-state index is 11.9. The van der Waals surface area contributed by atoms with E-state index in [9.17, 15) is 9.90 Å². The summed E-state index contributed by atoms with van der Waals surface area (Å²) in [4.78, 5) is 11.9. The van der Waals surface area contributed by atoms with Crippen molar-refractivity contribution in [1.82, 2.24) is 15.1 Å². The van der Waals surface area contributed by atoms with Crippen molar-refractivity contribution in [2.75, 3.05) is 0 Å². The Labute approximate surface area is 114 Å². The summed E-state index contributed by atoms with van der Waals surface area (Å²) in [5, 5.41) is 17.0. The summed E-state index contributed by atoms with van der Waals surface area (Å²) in [6, 6.07) is -0.0590. The Morgan fingerprint density at radius 3 is 2.89 bits per heavy atom. The van der Waals surface area contributed by atoms with E-state index in [0.717, 1.165) is 36.9 Å². The normalized spacial score (nSPS) is 23.3. The molecule has 0 spiro atoms. The number of carbonyl (C=O) groups excluding carboxylic acids is 1. The monoisotopic (exact) mass is 265 g/mol. The number of carbonyl (C=O) groups is 1. The van der Waals surface area contributed by atoms with Gasteiger partial charge in [0, 0.05) is 19.7 Å². The lowest BCUT2D eigenvalue weighted by molar-refractivity contribution is -0.123. The smallest absolute Gasteiger partial charge is 0.220 e. The molecule has 106 valence electrons. The lowest BCUT2D eigenvalue weighted by Gasteiger charge is -2.28. The molecule has 1 aliphatic rings. The summed E-state index contributed by atoms with van der Waals surface area (Å²) in [5.41, 5.74) is 2.09. The molecule has 1 aromatic rings. The van der Waals surface area contributed by atoms with Gasteiger partial charge in [0.25, 0.3) is 0 Å². The summed E-state index contributed by atoms with van der Waals surface area (Å²) < 4.78 is 1.77. The molecule has 19 heavy (non-hydrogen) atoms. The van der Waals surface area contributed by atoms with Gasteiger partial charge in [-0.25, -0.2) is 0 Å². The van der Waals surface area contributed by atoms with E-state index < -0.39 is 0 Å². The van der Waals surface area contributed by atoms with Crippen molar-refractivity contribution < 1.29 is 9.90 Å². The molecular weight excluding hydrogens is 242 g/mol. The second kappa shape index (κ2) is 6.19. The first-order valence-corrected chi connectivity index (χ1v) is 7.03. The molecule has 5 nitrogen and oxygen atoms in total. The van der Waals surface area contributed by atoms with Gasteiger partial charge in [-0.15, -0.1) is 0 Å². The van der Waals surface area contributed by atoms with Crippen LogP contribution in [0, 0.1) is 6.92 Å². The molecule has 2 atom stereocenters. The Kier molecular flexibility index (Phi) is 4.58. The second-order valence-corrected chi connectivity index (χ2v) is 5.44. The second-order valence-electron chi connectivity index (χ2n) is 5.44. The molecule has 0 aromatic carbocycles. The zero-order valence-electron chi connectivity index (χ0n) is 11.7. The van der Waals surface area contributed by atoms with Crippen LogP contribution in [0.1, 0.15) is 43.4 Å². The van der Waals surface area contributed by atoms with E-state index in [1.807, 2.05) is 20.2 Å². The quantitative estimate of drug-likeness (QED) is 0.856. The van der Waals surface area contributed by atoms with E-state index in [1.54, 1.807) is 4.68 Å². The van der Waals surface area contributed by atoms with E-state index in [2.05, 4.69) is 10.4 Å². The fraction of sp³-hybridized carbons (Fsp3) is 0.714. The Morgan fingerprint density at radius 1 is 1.53 bits per heavy atom. The highest BCUT2D eigenvalue weighted by atomic mass is 16.3. The average Bonchev–Trinajstić information content (AvgIpc) is 2.68. The predicted molar refractivity (Wildman–Crippen MR) is 72.7 cm³/mol. The van der Waals surface area contributed by atoms with Crippen LogP contribution in [-0.2, 0) is 18.3 Å². The van der Waals surface area contributed by atoms with Crippen molar-refractivity contribution in [3.8, 4) is 0 Å². The van der Waals surface area contributed by atoms with Crippen LogP contribution in [-0.4, -0.2) is 32.9 Å². The van der Waals surface area contributed by atoms with Crippen molar-refractivity contribution in [3.05, 3.63) is 17.5 Å². The number of nitrogens with one attached hydrogen (secondary N) is 1. The molecular formula is C14H23N3O2. The number of aryl methyl sites for hydroxylation is 3. The zero-order chi connectivity index (χ0) is 13.8. The highest BCUT2D eigenvalue weighted by Gasteiger charge is 2.24. The highest BCUT2D eigenvalue weighted by Crippen LogP contribution is 2.18. The third-order valence-corrected chi connectivity index (χ3v) is 3.81. The molecule has 1 amide bonds. The lowest BCUT2D eigenvalue weighted by Crippen LogP contribution is -2.45. The van der Waals surface area contributed by atoms with E-state index in [0.29, 0.717) is 12.8 Å². The van der Waals surface area contributed by atoms with Gasteiger partial charge in [0.2, 0.25) is 5.91 Å². The number of amides is 1. The third kappa shape index (κ3) is 3.80. The number of aromatic nitrogens is 2. The first-order valence-electron chi connectivity index (χ1n) is 7.03. The first kappa shape index (κ1) is 14.1. The maximum Gasteiger partial charge on any atom is 0.220 e. The molecule has 2 N–H and O–H groups in total. The van der Waals surface area contributed by atoms with Crippen LogP contribution < -0.4 is 5.32 Å². The molecule has 2 rings (SSSR count). The molecule has 1 fully saturated rings. The van der Waals surface area contributed by atoms with Crippen LogP contribution in [0.3, 0.4) is 0 Å². The van der Waals surface area contributed by atoms with Gasteiger partial charge in [-0.1, -0.05) is 12.8 Å². The van der Waals surface area contributed by atoms with E-state index in [1.165, 1.54) is 0 Å². The van der Waals surface area contributed by atoms with E-state index in [4.69, 9.17) is 0 Å². The molecule has 0 saturated heterocycles. The van der Waals surface area contributed by atoms with Gasteiger partial charge in [0.15, 0.2) is 0 Å². The van der Waals surface area contributed by atoms with Gasteiger partial charge >= 0.3 is 0 Å².